The first-order valence-corrected chi connectivity index (χ1v) is 9.87. The molecule has 1 rings (SSSR count). The van der Waals surface area contributed by atoms with E-state index in [9.17, 15) is 13.2 Å². The van der Waals surface area contributed by atoms with Gasteiger partial charge in [0.25, 0.3) is 5.91 Å². The lowest BCUT2D eigenvalue weighted by Gasteiger charge is -2.13. The molecular weight excluding hydrogens is 352 g/mol. The maximum absolute atomic E-state index is 12.1. The molecule has 0 saturated heterocycles. The largest absolute Gasteiger partial charge is 0.482 e. The monoisotopic (exact) mass is 376 g/mol. The van der Waals surface area contributed by atoms with Crippen LogP contribution in [0.5, 0.6) is 5.75 Å². The molecule has 0 saturated carbocycles. The van der Waals surface area contributed by atoms with Crippen LogP contribution < -0.4 is 14.8 Å². The minimum Gasteiger partial charge on any atom is -0.482 e. The number of sulfonamides is 1. The highest BCUT2D eigenvalue weighted by molar-refractivity contribution is 7.89. The van der Waals surface area contributed by atoms with E-state index >= 15 is 0 Å². The molecule has 8 heteroatoms. The van der Waals surface area contributed by atoms with Gasteiger partial charge in [0.05, 0.1) is 9.92 Å². The highest BCUT2D eigenvalue weighted by Crippen LogP contribution is 2.27. The van der Waals surface area contributed by atoms with E-state index in [1.807, 2.05) is 20.8 Å². The summed E-state index contributed by atoms with van der Waals surface area (Å²) in [4.78, 5) is 11.8. The summed E-state index contributed by atoms with van der Waals surface area (Å²) in [6.45, 7) is 6.05. The van der Waals surface area contributed by atoms with Crippen LogP contribution in [-0.2, 0) is 14.8 Å². The molecule has 136 valence electrons. The summed E-state index contributed by atoms with van der Waals surface area (Å²) in [5.41, 5.74) is 0. The second-order valence-electron chi connectivity index (χ2n) is 5.51. The summed E-state index contributed by atoms with van der Waals surface area (Å²) < 4.78 is 32.1. The van der Waals surface area contributed by atoms with E-state index in [1.54, 1.807) is 0 Å². The molecule has 2 N–H and O–H groups in total. The van der Waals surface area contributed by atoms with Crippen LogP contribution in [0, 0.1) is 0 Å². The van der Waals surface area contributed by atoms with Gasteiger partial charge in [-0.15, -0.1) is 0 Å². The maximum atomic E-state index is 12.1. The Morgan fingerprint density at radius 3 is 2.62 bits per heavy atom. The third kappa shape index (κ3) is 6.67. The molecule has 0 unspecified atom stereocenters. The lowest BCUT2D eigenvalue weighted by atomic mass is 10.2. The van der Waals surface area contributed by atoms with E-state index in [2.05, 4.69) is 10.0 Å². The molecule has 0 aliphatic carbocycles. The standard InChI is InChI=1S/C16H25ClN2O4S/c1-4-6-9-18-24(21,22)13-7-8-15(14(17)10-13)23-11-16(20)19-12(3)5-2/h7-8,10,12,18H,4-6,9,11H2,1-3H3,(H,19,20)/t12-/m1/s1. The van der Waals surface area contributed by atoms with E-state index in [1.165, 1.54) is 18.2 Å². The first kappa shape index (κ1) is 20.7. The number of rotatable bonds is 10. The van der Waals surface area contributed by atoms with Crippen LogP contribution in [0.15, 0.2) is 23.1 Å². The number of hydrogen-bond acceptors (Lipinski definition) is 4. The third-order valence-corrected chi connectivity index (χ3v) is 5.17. The smallest absolute Gasteiger partial charge is 0.258 e. The van der Waals surface area contributed by atoms with E-state index in [0.717, 1.165) is 19.3 Å². The van der Waals surface area contributed by atoms with Gasteiger partial charge in [0.15, 0.2) is 6.61 Å². The molecule has 0 radical (unpaired) electrons. The van der Waals surface area contributed by atoms with Crippen LogP contribution in [-0.4, -0.2) is 33.5 Å². The molecule has 0 aliphatic rings. The average Bonchev–Trinajstić information content (AvgIpc) is 2.53. The number of amides is 1. The summed E-state index contributed by atoms with van der Waals surface area (Å²) in [5, 5.41) is 2.91. The number of carbonyl (C=O) groups excluding carboxylic acids is 1. The molecule has 0 spiro atoms. The summed E-state index contributed by atoms with van der Waals surface area (Å²) in [6, 6.07) is 4.24. The second-order valence-corrected chi connectivity index (χ2v) is 7.68. The van der Waals surface area contributed by atoms with E-state index in [0.29, 0.717) is 6.54 Å². The van der Waals surface area contributed by atoms with Gasteiger partial charge in [-0.3, -0.25) is 4.79 Å². The van der Waals surface area contributed by atoms with Crippen molar-refractivity contribution in [3.8, 4) is 5.75 Å². The van der Waals surface area contributed by atoms with Crippen molar-refractivity contribution in [3.05, 3.63) is 23.2 Å². The fourth-order valence-electron chi connectivity index (χ4n) is 1.79. The molecule has 0 fully saturated rings. The summed E-state index contributed by atoms with van der Waals surface area (Å²) in [6.07, 6.45) is 2.48. The van der Waals surface area contributed by atoms with Gasteiger partial charge in [-0.2, -0.15) is 0 Å². The lowest BCUT2D eigenvalue weighted by Crippen LogP contribution is -2.35. The predicted molar refractivity (Wildman–Crippen MR) is 94.9 cm³/mol. The SMILES string of the molecule is CCCCNS(=O)(=O)c1ccc(OCC(=O)N[C@H](C)CC)c(Cl)c1. The van der Waals surface area contributed by atoms with Gasteiger partial charge in [0.2, 0.25) is 10.0 Å². The van der Waals surface area contributed by atoms with Crippen LogP contribution in [0.2, 0.25) is 5.02 Å². The Bertz CT molecular complexity index is 649. The van der Waals surface area contributed by atoms with E-state index in [4.69, 9.17) is 16.3 Å². The highest BCUT2D eigenvalue weighted by atomic mass is 35.5. The summed E-state index contributed by atoms with van der Waals surface area (Å²) >= 11 is 6.06. The Morgan fingerprint density at radius 1 is 1.33 bits per heavy atom. The molecule has 1 atom stereocenters. The molecule has 1 amide bonds. The highest BCUT2D eigenvalue weighted by Gasteiger charge is 2.16. The number of carbonyl (C=O) groups is 1. The lowest BCUT2D eigenvalue weighted by molar-refractivity contribution is -0.123. The topological polar surface area (TPSA) is 84.5 Å². The van der Waals surface area contributed by atoms with Crippen molar-refractivity contribution < 1.29 is 17.9 Å². The Labute approximate surface area is 149 Å². The predicted octanol–water partition coefficient (Wildman–Crippen LogP) is 2.71. The number of unbranched alkanes of at least 4 members (excludes halogenated alkanes) is 1. The molecule has 0 aliphatic heterocycles. The van der Waals surface area contributed by atoms with Gasteiger partial charge < -0.3 is 10.1 Å². The van der Waals surface area contributed by atoms with Crippen molar-refractivity contribution in [1.29, 1.82) is 0 Å². The minimum atomic E-state index is -3.59. The minimum absolute atomic E-state index is 0.0679. The van der Waals surface area contributed by atoms with Gasteiger partial charge in [0.1, 0.15) is 5.75 Å². The molecule has 6 nitrogen and oxygen atoms in total. The molecular formula is C16H25ClN2O4S. The molecule has 1 aromatic rings. The molecule has 0 bridgehead atoms. The third-order valence-electron chi connectivity index (χ3n) is 3.41. The Morgan fingerprint density at radius 2 is 2.04 bits per heavy atom. The van der Waals surface area contributed by atoms with Crippen LogP contribution in [0.1, 0.15) is 40.0 Å². The van der Waals surface area contributed by atoms with Gasteiger partial charge in [-0.1, -0.05) is 31.9 Å². The van der Waals surface area contributed by atoms with Crippen molar-refractivity contribution >= 4 is 27.5 Å². The Kier molecular flexibility index (Phi) is 8.52. The number of benzene rings is 1. The van der Waals surface area contributed by atoms with Crippen molar-refractivity contribution in [3.63, 3.8) is 0 Å². The van der Waals surface area contributed by atoms with Crippen molar-refractivity contribution in [1.82, 2.24) is 10.0 Å². The maximum Gasteiger partial charge on any atom is 0.258 e. The van der Waals surface area contributed by atoms with Crippen molar-refractivity contribution in [2.75, 3.05) is 13.2 Å². The molecule has 0 aromatic heterocycles. The van der Waals surface area contributed by atoms with Crippen LogP contribution in [0.25, 0.3) is 0 Å². The van der Waals surface area contributed by atoms with Crippen molar-refractivity contribution in [2.24, 2.45) is 0 Å². The first-order chi connectivity index (χ1) is 11.3. The number of ether oxygens (including phenoxy) is 1. The zero-order valence-electron chi connectivity index (χ0n) is 14.3. The molecule has 0 heterocycles. The Balaban J connectivity index is 2.69. The summed E-state index contributed by atoms with van der Waals surface area (Å²) in [5.74, 6) is 0.0156. The average molecular weight is 377 g/mol. The van der Waals surface area contributed by atoms with Gasteiger partial charge in [0, 0.05) is 12.6 Å². The van der Waals surface area contributed by atoms with Crippen LogP contribution >= 0.6 is 11.6 Å². The quantitative estimate of drug-likeness (QED) is 0.615. The fourth-order valence-corrected chi connectivity index (χ4v) is 3.19. The molecule has 1 aromatic carbocycles. The molecule has 24 heavy (non-hydrogen) atoms. The first-order valence-electron chi connectivity index (χ1n) is 8.01. The van der Waals surface area contributed by atoms with Crippen LogP contribution in [0.3, 0.4) is 0 Å². The van der Waals surface area contributed by atoms with Crippen molar-refractivity contribution in [2.45, 2.75) is 51.0 Å². The van der Waals surface area contributed by atoms with E-state index in [-0.39, 0.29) is 34.2 Å². The number of hydrogen-bond donors (Lipinski definition) is 2. The fraction of sp³-hybridized carbons (Fsp3) is 0.562. The Hall–Kier alpha value is -1.31. The van der Waals surface area contributed by atoms with Gasteiger partial charge in [-0.25, -0.2) is 13.1 Å². The zero-order chi connectivity index (χ0) is 18.2. The van der Waals surface area contributed by atoms with Crippen LogP contribution in [0.4, 0.5) is 0 Å². The zero-order valence-corrected chi connectivity index (χ0v) is 15.8. The van der Waals surface area contributed by atoms with Gasteiger partial charge in [-0.05, 0) is 38.0 Å². The summed E-state index contributed by atoms with van der Waals surface area (Å²) in [7, 11) is -3.59. The second kappa shape index (κ2) is 9.86. The normalized spacial score (nSPS) is 12.7. The number of halogens is 1. The number of nitrogens with one attached hydrogen (secondary N) is 2. The van der Waals surface area contributed by atoms with E-state index < -0.39 is 10.0 Å². The van der Waals surface area contributed by atoms with Gasteiger partial charge >= 0.3 is 0 Å².